The summed E-state index contributed by atoms with van der Waals surface area (Å²) in [7, 11) is 0. The summed E-state index contributed by atoms with van der Waals surface area (Å²) in [5.41, 5.74) is -1.55. The van der Waals surface area contributed by atoms with Crippen LogP contribution in [0.5, 0.6) is 0 Å². The molecule has 11 heteroatoms. The number of furan rings is 1. The number of benzene rings is 2. The lowest BCUT2D eigenvalue weighted by Crippen LogP contribution is -2.29. The van der Waals surface area contributed by atoms with Crippen molar-refractivity contribution >= 4 is 28.8 Å². The van der Waals surface area contributed by atoms with Gasteiger partial charge in [-0.3, -0.25) is 24.6 Å². The molecule has 0 aliphatic carbocycles. The van der Waals surface area contributed by atoms with Crippen LogP contribution in [-0.4, -0.2) is 21.7 Å². The van der Waals surface area contributed by atoms with Gasteiger partial charge in [-0.25, -0.2) is 0 Å². The third-order valence-electron chi connectivity index (χ3n) is 5.08. The molecule has 1 atom stereocenters. The molecule has 3 aromatic rings. The summed E-state index contributed by atoms with van der Waals surface area (Å²) < 4.78 is 44.2. The number of nitro benzene ring substituents is 1. The Morgan fingerprint density at radius 1 is 1.03 bits per heavy atom. The first-order chi connectivity index (χ1) is 15.6. The number of alkyl halides is 3. The zero-order valence-electron chi connectivity index (χ0n) is 16.4. The second kappa shape index (κ2) is 7.93. The summed E-state index contributed by atoms with van der Waals surface area (Å²) >= 11 is 0. The Balaban J connectivity index is 1.84. The molecule has 1 saturated heterocycles. The van der Waals surface area contributed by atoms with Crippen molar-refractivity contribution in [3.63, 3.8) is 0 Å². The van der Waals surface area contributed by atoms with Crippen molar-refractivity contribution in [2.75, 3.05) is 4.90 Å². The molecular formula is C22H13F3N2O6. The summed E-state index contributed by atoms with van der Waals surface area (Å²) in [4.78, 5) is 36.9. The molecule has 0 bridgehead atoms. The summed E-state index contributed by atoms with van der Waals surface area (Å²) in [5.74, 6) is -2.71. The van der Waals surface area contributed by atoms with Gasteiger partial charge < -0.3 is 9.52 Å². The molecule has 33 heavy (non-hydrogen) atoms. The molecule has 0 spiro atoms. The molecule has 1 aliphatic rings. The van der Waals surface area contributed by atoms with E-state index in [1.807, 2.05) is 0 Å². The predicted octanol–water partition coefficient (Wildman–Crippen LogP) is 4.83. The van der Waals surface area contributed by atoms with E-state index in [2.05, 4.69) is 0 Å². The van der Waals surface area contributed by atoms with Crippen LogP contribution in [0.2, 0.25) is 0 Å². The van der Waals surface area contributed by atoms with Crippen molar-refractivity contribution in [3.8, 4) is 0 Å². The third-order valence-corrected chi connectivity index (χ3v) is 5.08. The van der Waals surface area contributed by atoms with Gasteiger partial charge in [0, 0.05) is 23.4 Å². The predicted molar refractivity (Wildman–Crippen MR) is 108 cm³/mol. The number of carbonyl (C=O) groups excluding carboxylic acids is 2. The largest absolute Gasteiger partial charge is 0.507 e. The molecular weight excluding hydrogens is 445 g/mol. The standard InChI is InChI=1S/C22H13F3N2O6/c23-22(24,25)13-5-9-14(10-6-13)26-18(16-2-1-11-33-16)17(20(29)21(26)30)19(28)12-3-7-15(8-4-12)27(31)32/h1-11,18,28H/b19-17-. The van der Waals surface area contributed by atoms with Crippen LogP contribution in [0, 0.1) is 10.1 Å². The molecule has 1 N–H and O–H groups in total. The molecule has 4 rings (SSSR count). The minimum Gasteiger partial charge on any atom is -0.507 e. The fourth-order valence-corrected chi connectivity index (χ4v) is 3.52. The topological polar surface area (TPSA) is 114 Å². The average Bonchev–Trinajstić information content (AvgIpc) is 3.40. The fourth-order valence-electron chi connectivity index (χ4n) is 3.52. The number of ketones is 1. The molecule has 1 aromatic heterocycles. The number of anilines is 1. The fraction of sp³-hybridized carbons (Fsp3) is 0.0909. The zero-order chi connectivity index (χ0) is 23.9. The molecule has 1 amide bonds. The van der Waals surface area contributed by atoms with E-state index < -0.39 is 40.2 Å². The van der Waals surface area contributed by atoms with Crippen LogP contribution in [0.25, 0.3) is 5.76 Å². The number of Topliss-reactive ketones (excluding diaryl/α,β-unsaturated/α-hetero) is 1. The van der Waals surface area contributed by atoms with Gasteiger partial charge in [0.2, 0.25) is 0 Å². The number of rotatable bonds is 4. The Bertz CT molecular complexity index is 1260. The van der Waals surface area contributed by atoms with Crippen LogP contribution in [0.4, 0.5) is 24.5 Å². The molecule has 1 fully saturated rings. The number of nitro groups is 1. The first-order valence-corrected chi connectivity index (χ1v) is 9.36. The highest BCUT2D eigenvalue weighted by atomic mass is 19.4. The quantitative estimate of drug-likeness (QED) is 0.197. The number of aliphatic hydroxyl groups excluding tert-OH is 1. The van der Waals surface area contributed by atoms with Gasteiger partial charge in [-0.05, 0) is 48.5 Å². The molecule has 1 aliphatic heterocycles. The van der Waals surface area contributed by atoms with Crippen LogP contribution < -0.4 is 4.90 Å². The van der Waals surface area contributed by atoms with Gasteiger partial charge in [0.05, 0.1) is 22.3 Å². The van der Waals surface area contributed by atoms with Crippen molar-refractivity contribution in [2.45, 2.75) is 12.2 Å². The average molecular weight is 458 g/mol. The number of hydrogen-bond acceptors (Lipinski definition) is 6. The Morgan fingerprint density at radius 3 is 2.18 bits per heavy atom. The van der Waals surface area contributed by atoms with Gasteiger partial charge in [-0.2, -0.15) is 13.2 Å². The van der Waals surface area contributed by atoms with Gasteiger partial charge in [0.1, 0.15) is 17.6 Å². The van der Waals surface area contributed by atoms with Crippen LogP contribution in [0.15, 0.2) is 76.9 Å². The maximum atomic E-state index is 12.9. The van der Waals surface area contributed by atoms with Crippen LogP contribution in [0.1, 0.15) is 22.9 Å². The van der Waals surface area contributed by atoms with Crippen molar-refractivity contribution in [1.82, 2.24) is 0 Å². The summed E-state index contributed by atoms with van der Waals surface area (Å²) in [5, 5.41) is 21.7. The molecule has 168 valence electrons. The number of hydrogen-bond donors (Lipinski definition) is 1. The van der Waals surface area contributed by atoms with Crippen LogP contribution in [-0.2, 0) is 15.8 Å². The monoisotopic (exact) mass is 458 g/mol. The highest BCUT2D eigenvalue weighted by Gasteiger charge is 2.48. The number of halogens is 3. The van der Waals surface area contributed by atoms with Gasteiger partial charge in [-0.1, -0.05) is 0 Å². The number of aliphatic hydroxyl groups is 1. The Kier molecular flexibility index (Phi) is 5.24. The molecule has 2 aromatic carbocycles. The molecule has 0 radical (unpaired) electrons. The minimum atomic E-state index is -4.59. The van der Waals surface area contributed by atoms with Crippen LogP contribution in [0.3, 0.4) is 0 Å². The molecule has 1 unspecified atom stereocenters. The second-order valence-corrected chi connectivity index (χ2v) is 7.03. The van der Waals surface area contributed by atoms with Gasteiger partial charge in [0.15, 0.2) is 0 Å². The molecule has 8 nitrogen and oxygen atoms in total. The van der Waals surface area contributed by atoms with Crippen molar-refractivity contribution in [1.29, 1.82) is 0 Å². The number of amides is 1. The minimum absolute atomic E-state index is 0.0192. The summed E-state index contributed by atoms with van der Waals surface area (Å²) in [6.45, 7) is 0. The normalized spacial score (nSPS) is 18.0. The lowest BCUT2D eigenvalue weighted by molar-refractivity contribution is -0.384. The number of nitrogens with zero attached hydrogens (tertiary/aromatic N) is 2. The van der Waals surface area contributed by atoms with E-state index in [4.69, 9.17) is 4.42 Å². The van der Waals surface area contributed by atoms with E-state index in [0.29, 0.717) is 0 Å². The smallest absolute Gasteiger partial charge is 0.416 e. The van der Waals surface area contributed by atoms with Crippen molar-refractivity contribution in [2.24, 2.45) is 0 Å². The third kappa shape index (κ3) is 3.84. The Hall–Kier alpha value is -4.41. The van der Waals surface area contributed by atoms with E-state index in [1.165, 1.54) is 30.5 Å². The number of carbonyl (C=O) groups is 2. The van der Waals surface area contributed by atoms with Crippen molar-refractivity contribution < 1.29 is 37.2 Å². The second-order valence-electron chi connectivity index (χ2n) is 7.03. The summed E-state index contributed by atoms with van der Waals surface area (Å²) in [6.07, 6.45) is -3.32. The molecule has 2 heterocycles. The number of non-ortho nitro benzene ring substituents is 1. The highest BCUT2D eigenvalue weighted by Crippen LogP contribution is 2.43. The van der Waals surface area contributed by atoms with Gasteiger partial charge in [0.25, 0.3) is 17.4 Å². The Labute approximate surface area is 183 Å². The van der Waals surface area contributed by atoms with Crippen LogP contribution >= 0.6 is 0 Å². The van der Waals surface area contributed by atoms with Crippen molar-refractivity contribution in [3.05, 3.63) is 99.5 Å². The first kappa shape index (κ1) is 21.8. The summed E-state index contributed by atoms with van der Waals surface area (Å²) in [6, 6.07) is 9.90. The lowest BCUT2D eigenvalue weighted by Gasteiger charge is -2.23. The zero-order valence-corrected chi connectivity index (χ0v) is 16.4. The SMILES string of the molecule is O=C1C(=O)N(c2ccc(C(F)(F)F)cc2)C(c2ccco2)/C1=C(/O)c1ccc([N+](=O)[O-])cc1. The molecule has 0 saturated carbocycles. The van der Waals surface area contributed by atoms with E-state index in [-0.39, 0.29) is 28.3 Å². The first-order valence-electron chi connectivity index (χ1n) is 9.36. The van der Waals surface area contributed by atoms with E-state index in [0.717, 1.165) is 41.3 Å². The Morgan fingerprint density at radius 2 is 1.67 bits per heavy atom. The van der Waals surface area contributed by atoms with E-state index in [9.17, 15) is 38.0 Å². The highest BCUT2D eigenvalue weighted by molar-refractivity contribution is 6.51. The van der Waals surface area contributed by atoms with E-state index in [1.54, 1.807) is 0 Å². The van der Waals surface area contributed by atoms with Gasteiger partial charge >= 0.3 is 6.18 Å². The lowest BCUT2D eigenvalue weighted by atomic mass is 9.99. The van der Waals surface area contributed by atoms with Gasteiger partial charge in [-0.15, -0.1) is 0 Å². The maximum Gasteiger partial charge on any atom is 0.416 e. The van der Waals surface area contributed by atoms with E-state index >= 15 is 0 Å². The maximum absolute atomic E-state index is 12.9.